The molecule has 2 saturated heterocycles. The minimum Gasteiger partial charge on any atom is -0.382 e. The van der Waals surface area contributed by atoms with Gasteiger partial charge >= 0.3 is 0 Å². The minimum absolute atomic E-state index is 0.0509. The summed E-state index contributed by atoms with van der Waals surface area (Å²) in [7, 11) is 0. The molecule has 0 bridgehead atoms. The average molecular weight is 466 g/mol. The molecule has 0 aromatic carbocycles. The van der Waals surface area contributed by atoms with Gasteiger partial charge in [-0.1, -0.05) is 13.8 Å². The number of nitrogens with zero attached hydrogens (tertiary/aromatic N) is 7. The summed E-state index contributed by atoms with van der Waals surface area (Å²) < 4.78 is 24.1. The van der Waals surface area contributed by atoms with E-state index in [0.717, 1.165) is 23.4 Å². The molecule has 0 radical (unpaired) electrons. The normalized spacial score (nSPS) is 22.9. The Bertz CT molecular complexity index is 1340. The van der Waals surface area contributed by atoms with Crippen LogP contribution in [-0.4, -0.2) is 78.2 Å². The lowest BCUT2D eigenvalue weighted by molar-refractivity contribution is -0.173. The number of rotatable bonds is 5. The molecule has 10 nitrogen and oxygen atoms in total. The quantitative estimate of drug-likeness (QED) is 0.462. The van der Waals surface area contributed by atoms with E-state index < -0.39 is 6.17 Å². The van der Waals surface area contributed by atoms with Crippen molar-refractivity contribution < 1.29 is 9.13 Å². The third-order valence-electron chi connectivity index (χ3n) is 7.34. The Morgan fingerprint density at radius 3 is 2.74 bits per heavy atom. The number of alkyl halides is 1. The first kappa shape index (κ1) is 21.2. The van der Waals surface area contributed by atoms with Gasteiger partial charge in [-0.2, -0.15) is 10.1 Å². The molecular weight excluding hydrogens is 437 g/mol. The topological polar surface area (TPSA) is 111 Å². The Kier molecular flexibility index (Phi) is 4.92. The number of anilines is 2. The van der Waals surface area contributed by atoms with Crippen molar-refractivity contribution in [1.82, 2.24) is 34.1 Å². The van der Waals surface area contributed by atoms with E-state index >= 15 is 4.39 Å². The van der Waals surface area contributed by atoms with Gasteiger partial charge in [-0.05, 0) is 24.5 Å². The molecule has 0 aliphatic carbocycles. The predicted molar refractivity (Wildman–Crippen MR) is 126 cm³/mol. The number of piperidine rings is 1. The van der Waals surface area contributed by atoms with Crippen LogP contribution in [0.25, 0.3) is 22.4 Å². The number of nitrogen functional groups attached to an aromatic ring is 1. The number of nitrogens with one attached hydrogen (secondary N) is 1. The second-order valence-corrected chi connectivity index (χ2v) is 9.54. The summed E-state index contributed by atoms with van der Waals surface area (Å²) in [4.78, 5) is 11.4. The van der Waals surface area contributed by atoms with E-state index in [1.165, 1.54) is 0 Å². The van der Waals surface area contributed by atoms with Gasteiger partial charge in [0.25, 0.3) is 0 Å². The van der Waals surface area contributed by atoms with Crippen LogP contribution in [-0.2, 0) is 4.74 Å². The van der Waals surface area contributed by atoms with Crippen LogP contribution in [0.5, 0.6) is 0 Å². The fourth-order valence-electron chi connectivity index (χ4n) is 5.11. The summed E-state index contributed by atoms with van der Waals surface area (Å²) in [6.07, 6.45) is 4.97. The van der Waals surface area contributed by atoms with Gasteiger partial charge in [0.05, 0.1) is 36.7 Å². The van der Waals surface area contributed by atoms with Crippen LogP contribution in [0.15, 0.2) is 36.8 Å². The van der Waals surface area contributed by atoms with Gasteiger partial charge in [0, 0.05) is 37.1 Å². The van der Waals surface area contributed by atoms with E-state index in [1.54, 1.807) is 15.2 Å². The monoisotopic (exact) mass is 465 g/mol. The highest BCUT2D eigenvalue weighted by molar-refractivity contribution is 5.86. The maximum Gasteiger partial charge on any atom is 0.243 e. The molecule has 0 unspecified atom stereocenters. The van der Waals surface area contributed by atoms with Crippen LogP contribution in [0.1, 0.15) is 20.3 Å². The van der Waals surface area contributed by atoms with Crippen molar-refractivity contribution in [3.63, 3.8) is 0 Å². The molecule has 11 heteroatoms. The van der Waals surface area contributed by atoms with Crippen LogP contribution in [0, 0.1) is 5.92 Å². The molecule has 34 heavy (non-hydrogen) atoms. The summed E-state index contributed by atoms with van der Waals surface area (Å²) in [5.74, 6) is 1.04. The predicted octanol–water partition coefficient (Wildman–Crippen LogP) is 2.27. The number of hydrogen-bond donors (Lipinski definition) is 2. The summed E-state index contributed by atoms with van der Waals surface area (Å²) in [5, 5.41) is 11.9. The largest absolute Gasteiger partial charge is 0.382 e. The molecule has 0 saturated carbocycles. The Labute approximate surface area is 195 Å². The zero-order valence-electron chi connectivity index (χ0n) is 19.2. The fraction of sp³-hybridized carbons (Fsp3) is 0.478. The highest BCUT2D eigenvalue weighted by atomic mass is 19.1. The molecule has 3 N–H and O–H groups in total. The van der Waals surface area contributed by atoms with Crippen LogP contribution in [0.2, 0.25) is 0 Å². The summed E-state index contributed by atoms with van der Waals surface area (Å²) in [6.45, 7) is 6.87. The molecule has 6 rings (SSSR count). The number of aromatic nitrogens is 6. The smallest absolute Gasteiger partial charge is 0.243 e. The van der Waals surface area contributed by atoms with E-state index in [-0.39, 0.29) is 11.6 Å². The SMILES string of the molecule is CC(C)C1(N2CC[C@H](Nc3nc(N)c4c(-c5ccn6nccc6n5)ccn4n3)[C@H](F)C2)COC1. The van der Waals surface area contributed by atoms with Gasteiger partial charge in [-0.3, -0.25) is 4.90 Å². The molecule has 2 aliphatic rings. The van der Waals surface area contributed by atoms with Crippen molar-refractivity contribution >= 4 is 22.9 Å². The second-order valence-electron chi connectivity index (χ2n) is 9.54. The zero-order valence-corrected chi connectivity index (χ0v) is 19.2. The van der Waals surface area contributed by atoms with Gasteiger partial charge < -0.3 is 15.8 Å². The number of fused-ring (bicyclic) bond motifs is 2. The number of likely N-dealkylation sites (tertiary alicyclic amines) is 1. The van der Waals surface area contributed by atoms with E-state index in [9.17, 15) is 0 Å². The molecule has 2 atom stereocenters. The van der Waals surface area contributed by atoms with Crippen LogP contribution < -0.4 is 11.1 Å². The maximum atomic E-state index is 15.2. The third-order valence-corrected chi connectivity index (χ3v) is 7.34. The third kappa shape index (κ3) is 3.30. The Hall–Kier alpha value is -3.31. The van der Waals surface area contributed by atoms with Crippen molar-refractivity contribution in [3.8, 4) is 11.3 Å². The zero-order chi connectivity index (χ0) is 23.4. The van der Waals surface area contributed by atoms with Gasteiger partial charge in [-0.15, -0.1) is 5.10 Å². The van der Waals surface area contributed by atoms with Crippen molar-refractivity contribution in [1.29, 1.82) is 0 Å². The van der Waals surface area contributed by atoms with Gasteiger partial charge in [0.2, 0.25) is 5.95 Å². The van der Waals surface area contributed by atoms with Crippen molar-refractivity contribution in [2.24, 2.45) is 5.92 Å². The molecule has 0 amide bonds. The van der Waals surface area contributed by atoms with Crippen LogP contribution in [0.3, 0.4) is 0 Å². The van der Waals surface area contributed by atoms with Crippen LogP contribution in [0.4, 0.5) is 16.2 Å². The summed E-state index contributed by atoms with van der Waals surface area (Å²) >= 11 is 0. The summed E-state index contributed by atoms with van der Waals surface area (Å²) in [6, 6.07) is 5.24. The van der Waals surface area contributed by atoms with Gasteiger partial charge in [-0.25, -0.2) is 18.4 Å². The molecular formula is C23H28FN9O. The average Bonchev–Trinajstić information content (AvgIpc) is 3.41. The molecule has 6 heterocycles. The van der Waals surface area contributed by atoms with E-state index in [2.05, 4.69) is 44.2 Å². The molecule has 4 aromatic rings. The molecule has 4 aromatic heterocycles. The van der Waals surface area contributed by atoms with Gasteiger partial charge in [0.15, 0.2) is 11.5 Å². The van der Waals surface area contributed by atoms with Gasteiger partial charge in [0.1, 0.15) is 11.7 Å². The first-order chi connectivity index (χ1) is 16.4. The first-order valence-electron chi connectivity index (χ1n) is 11.6. The highest BCUT2D eigenvalue weighted by Crippen LogP contribution is 2.36. The minimum atomic E-state index is -1.04. The lowest BCUT2D eigenvalue weighted by Crippen LogP contribution is -2.68. The van der Waals surface area contributed by atoms with Crippen LogP contribution >= 0.6 is 0 Å². The second kappa shape index (κ2) is 7.88. The van der Waals surface area contributed by atoms with Crippen molar-refractivity contribution in [2.75, 3.05) is 37.4 Å². The van der Waals surface area contributed by atoms with Crippen molar-refractivity contribution in [3.05, 3.63) is 36.8 Å². The Morgan fingerprint density at radius 2 is 2.00 bits per heavy atom. The van der Waals surface area contributed by atoms with Crippen molar-refractivity contribution in [2.45, 2.75) is 38.0 Å². The number of hydrogen-bond acceptors (Lipinski definition) is 8. The molecule has 178 valence electrons. The lowest BCUT2D eigenvalue weighted by Gasteiger charge is -2.55. The highest BCUT2D eigenvalue weighted by Gasteiger charge is 2.49. The van der Waals surface area contributed by atoms with E-state index in [1.807, 2.05) is 30.6 Å². The number of ether oxygens (including phenoxy) is 1. The van der Waals surface area contributed by atoms with E-state index in [4.69, 9.17) is 10.5 Å². The number of halogens is 1. The first-order valence-corrected chi connectivity index (χ1v) is 11.6. The Balaban J connectivity index is 1.22. The molecule has 2 fully saturated rings. The molecule has 2 aliphatic heterocycles. The maximum absolute atomic E-state index is 15.2. The van der Waals surface area contributed by atoms with E-state index in [0.29, 0.717) is 49.4 Å². The molecule has 0 spiro atoms. The fourth-order valence-corrected chi connectivity index (χ4v) is 5.11. The number of nitrogens with two attached hydrogens (primary N) is 1. The standard InChI is InChI=1S/C23H28FN9O/c1-14(2)23(12-34-13-23)31-8-5-18(16(24)11-31)28-22-29-21(25)20-15(4-9-33(20)30-22)17-6-10-32-19(27-17)3-7-26-32/h3-4,6-7,9-10,14,16,18H,5,8,11-13H2,1-2H3,(H3,25,28,29,30)/t16-,18+/m1/s1. The summed E-state index contributed by atoms with van der Waals surface area (Å²) in [5.41, 5.74) is 9.27. The lowest BCUT2D eigenvalue weighted by atomic mass is 9.81. The Morgan fingerprint density at radius 1 is 1.18 bits per heavy atom.